The maximum absolute atomic E-state index is 5.64. The Morgan fingerprint density at radius 2 is 2.06 bits per heavy atom. The van der Waals surface area contributed by atoms with E-state index in [1.807, 2.05) is 6.07 Å². The maximum Gasteiger partial charge on any atom is 0.163 e. The van der Waals surface area contributed by atoms with Crippen molar-refractivity contribution >= 4 is 17.3 Å². The minimum absolute atomic E-state index is 0.319. The highest BCUT2D eigenvalue weighted by atomic mass is 32.1. The van der Waals surface area contributed by atoms with E-state index in [2.05, 4.69) is 17.4 Å². The van der Waals surface area contributed by atoms with E-state index in [0.29, 0.717) is 18.3 Å². The van der Waals surface area contributed by atoms with Crippen molar-refractivity contribution in [2.45, 2.75) is 25.7 Å². The van der Waals surface area contributed by atoms with E-state index in [1.54, 1.807) is 0 Å². The molecule has 0 heterocycles. The van der Waals surface area contributed by atoms with E-state index >= 15 is 0 Å². The molecule has 0 spiro atoms. The lowest BCUT2D eigenvalue weighted by atomic mass is 9.92. The molecule has 1 aromatic rings. The van der Waals surface area contributed by atoms with Crippen LogP contribution in [0.25, 0.3) is 0 Å². The molecular weight excluding hydrogens is 232 g/mol. The summed E-state index contributed by atoms with van der Waals surface area (Å²) in [6.07, 6.45) is 4.99. The van der Waals surface area contributed by atoms with Crippen LogP contribution in [0.1, 0.15) is 24.0 Å². The van der Waals surface area contributed by atoms with Crippen molar-refractivity contribution < 1.29 is 4.74 Å². The second kappa shape index (κ2) is 5.87. The van der Waals surface area contributed by atoms with Crippen LogP contribution in [0, 0.1) is 0 Å². The zero-order chi connectivity index (χ0) is 12.1. The average molecular weight is 250 g/mol. The number of benzene rings is 1. The second-order valence-electron chi connectivity index (χ2n) is 4.28. The molecule has 1 aliphatic rings. The summed E-state index contributed by atoms with van der Waals surface area (Å²) in [6.45, 7) is 1.22. The van der Waals surface area contributed by atoms with E-state index in [1.165, 1.54) is 36.8 Å². The lowest BCUT2D eigenvalue weighted by molar-refractivity contribution is 0.322. The SMILES string of the molecule is NC(=S)NCCOc1ccc2c(c1)CCCC2. The molecule has 92 valence electrons. The first kappa shape index (κ1) is 12.2. The van der Waals surface area contributed by atoms with Gasteiger partial charge in [-0.1, -0.05) is 6.07 Å². The molecule has 0 fully saturated rings. The van der Waals surface area contributed by atoms with Crippen molar-refractivity contribution in [2.24, 2.45) is 5.73 Å². The fourth-order valence-electron chi connectivity index (χ4n) is 2.14. The van der Waals surface area contributed by atoms with Crippen LogP contribution in [0.2, 0.25) is 0 Å². The highest BCUT2D eigenvalue weighted by Crippen LogP contribution is 2.25. The lowest BCUT2D eigenvalue weighted by Gasteiger charge is -2.16. The standard InChI is InChI=1S/C13H18N2OS/c14-13(17)15-7-8-16-12-6-5-10-3-1-2-4-11(10)9-12/h5-6,9H,1-4,7-8H2,(H3,14,15,17). The van der Waals surface area contributed by atoms with E-state index in [9.17, 15) is 0 Å². The van der Waals surface area contributed by atoms with Crippen LogP contribution in [-0.2, 0) is 12.8 Å². The summed E-state index contributed by atoms with van der Waals surface area (Å²) in [4.78, 5) is 0. The predicted molar refractivity (Wildman–Crippen MR) is 73.4 cm³/mol. The maximum atomic E-state index is 5.64. The molecule has 0 radical (unpaired) electrons. The molecule has 0 bridgehead atoms. The average Bonchev–Trinajstić information content (AvgIpc) is 2.34. The normalized spacial score (nSPS) is 13.9. The Morgan fingerprint density at radius 1 is 1.29 bits per heavy atom. The molecule has 1 aliphatic carbocycles. The van der Waals surface area contributed by atoms with E-state index in [4.69, 9.17) is 22.7 Å². The fraction of sp³-hybridized carbons (Fsp3) is 0.462. The minimum Gasteiger partial charge on any atom is -0.492 e. The number of nitrogens with two attached hydrogens (primary N) is 1. The van der Waals surface area contributed by atoms with Crippen LogP contribution < -0.4 is 15.8 Å². The first-order chi connectivity index (χ1) is 8.25. The number of hydrogen-bond donors (Lipinski definition) is 2. The molecule has 0 amide bonds. The van der Waals surface area contributed by atoms with Gasteiger partial charge in [-0.15, -0.1) is 0 Å². The Balaban J connectivity index is 1.86. The molecule has 0 aliphatic heterocycles. The highest BCUT2D eigenvalue weighted by molar-refractivity contribution is 7.80. The third-order valence-corrected chi connectivity index (χ3v) is 3.13. The molecule has 3 nitrogen and oxygen atoms in total. The van der Waals surface area contributed by atoms with Gasteiger partial charge >= 0.3 is 0 Å². The smallest absolute Gasteiger partial charge is 0.163 e. The number of rotatable bonds is 4. The number of ether oxygens (including phenoxy) is 1. The summed E-state index contributed by atoms with van der Waals surface area (Å²) in [5, 5.41) is 3.18. The van der Waals surface area contributed by atoms with Gasteiger partial charge in [0.05, 0.1) is 6.54 Å². The summed E-state index contributed by atoms with van der Waals surface area (Å²) >= 11 is 4.72. The summed E-state index contributed by atoms with van der Waals surface area (Å²) in [6, 6.07) is 6.39. The van der Waals surface area contributed by atoms with Gasteiger partial charge in [0.1, 0.15) is 12.4 Å². The first-order valence-corrected chi connectivity index (χ1v) is 6.44. The third kappa shape index (κ3) is 3.60. The van der Waals surface area contributed by atoms with Crippen molar-refractivity contribution in [2.75, 3.05) is 13.2 Å². The molecule has 0 saturated carbocycles. The molecule has 0 atom stereocenters. The van der Waals surface area contributed by atoms with Crippen LogP contribution >= 0.6 is 12.2 Å². The van der Waals surface area contributed by atoms with Crippen molar-refractivity contribution in [1.82, 2.24) is 5.32 Å². The number of thiocarbonyl (C=S) groups is 1. The lowest BCUT2D eigenvalue weighted by Crippen LogP contribution is -2.32. The van der Waals surface area contributed by atoms with Crippen molar-refractivity contribution in [1.29, 1.82) is 0 Å². The van der Waals surface area contributed by atoms with Gasteiger partial charge in [0.2, 0.25) is 0 Å². The van der Waals surface area contributed by atoms with Crippen LogP contribution in [-0.4, -0.2) is 18.3 Å². The molecule has 0 aromatic heterocycles. The van der Waals surface area contributed by atoms with Crippen molar-refractivity contribution in [3.8, 4) is 5.75 Å². The van der Waals surface area contributed by atoms with Crippen LogP contribution in [0.15, 0.2) is 18.2 Å². The quantitative estimate of drug-likeness (QED) is 0.631. The molecule has 2 rings (SSSR count). The first-order valence-electron chi connectivity index (χ1n) is 6.03. The fourth-order valence-corrected chi connectivity index (χ4v) is 2.24. The van der Waals surface area contributed by atoms with E-state index < -0.39 is 0 Å². The minimum atomic E-state index is 0.319. The van der Waals surface area contributed by atoms with Gasteiger partial charge in [-0.2, -0.15) is 0 Å². The molecule has 17 heavy (non-hydrogen) atoms. The monoisotopic (exact) mass is 250 g/mol. The number of fused-ring (bicyclic) bond motifs is 1. The Bertz CT molecular complexity index is 406. The summed E-state index contributed by atoms with van der Waals surface area (Å²) < 4.78 is 5.64. The summed E-state index contributed by atoms with van der Waals surface area (Å²) in [5.74, 6) is 0.940. The topological polar surface area (TPSA) is 47.3 Å². The molecule has 0 unspecified atom stereocenters. The Labute approximate surface area is 107 Å². The third-order valence-electron chi connectivity index (χ3n) is 2.99. The zero-order valence-corrected chi connectivity index (χ0v) is 10.7. The second-order valence-corrected chi connectivity index (χ2v) is 4.72. The number of hydrogen-bond acceptors (Lipinski definition) is 2. The van der Waals surface area contributed by atoms with Crippen LogP contribution in [0.4, 0.5) is 0 Å². The van der Waals surface area contributed by atoms with Gasteiger partial charge in [-0.05, 0) is 61.2 Å². The van der Waals surface area contributed by atoms with Crippen molar-refractivity contribution in [3.63, 3.8) is 0 Å². The van der Waals surface area contributed by atoms with Gasteiger partial charge < -0.3 is 15.8 Å². The Hall–Kier alpha value is -1.29. The highest BCUT2D eigenvalue weighted by Gasteiger charge is 2.09. The predicted octanol–water partition coefficient (Wildman–Crippen LogP) is 1.78. The molecule has 3 N–H and O–H groups in total. The summed E-state index contributed by atoms with van der Waals surface area (Å²) in [5.41, 5.74) is 8.25. The van der Waals surface area contributed by atoms with E-state index in [-0.39, 0.29) is 0 Å². The van der Waals surface area contributed by atoms with Gasteiger partial charge in [0.15, 0.2) is 5.11 Å². The zero-order valence-electron chi connectivity index (χ0n) is 9.87. The van der Waals surface area contributed by atoms with E-state index in [0.717, 1.165) is 5.75 Å². The molecule has 4 heteroatoms. The van der Waals surface area contributed by atoms with Crippen LogP contribution in [0.5, 0.6) is 5.75 Å². The van der Waals surface area contributed by atoms with Gasteiger partial charge in [0.25, 0.3) is 0 Å². The summed E-state index contributed by atoms with van der Waals surface area (Å²) in [7, 11) is 0. The van der Waals surface area contributed by atoms with Gasteiger partial charge in [-0.3, -0.25) is 0 Å². The largest absolute Gasteiger partial charge is 0.492 e. The number of aryl methyl sites for hydroxylation is 2. The van der Waals surface area contributed by atoms with Crippen molar-refractivity contribution in [3.05, 3.63) is 29.3 Å². The molecule has 1 aromatic carbocycles. The molecular formula is C13H18N2OS. The van der Waals surface area contributed by atoms with Gasteiger partial charge in [-0.25, -0.2) is 0 Å². The van der Waals surface area contributed by atoms with Crippen LogP contribution in [0.3, 0.4) is 0 Å². The number of nitrogens with one attached hydrogen (secondary N) is 1. The molecule has 0 saturated heterocycles. The van der Waals surface area contributed by atoms with Gasteiger partial charge in [0, 0.05) is 0 Å². The Kier molecular flexibility index (Phi) is 4.20. The Morgan fingerprint density at radius 3 is 2.82 bits per heavy atom.